The number of carbonyl (C=O) groups excluding carboxylic acids is 1. The van der Waals surface area contributed by atoms with Crippen LogP contribution in [0.3, 0.4) is 0 Å². The van der Waals surface area contributed by atoms with Gasteiger partial charge in [0, 0.05) is 18.7 Å². The van der Waals surface area contributed by atoms with Crippen molar-refractivity contribution in [3.8, 4) is 0 Å². The lowest BCUT2D eigenvalue weighted by Gasteiger charge is -2.17. The molecule has 2 rings (SSSR count). The van der Waals surface area contributed by atoms with Crippen molar-refractivity contribution in [3.63, 3.8) is 0 Å². The lowest BCUT2D eigenvalue weighted by Crippen LogP contribution is -2.09. The van der Waals surface area contributed by atoms with E-state index in [1.54, 1.807) is 0 Å². The van der Waals surface area contributed by atoms with Crippen LogP contribution in [0.2, 0.25) is 5.02 Å². The van der Waals surface area contributed by atoms with E-state index in [1.807, 2.05) is 48.5 Å². The molecule has 2 N–H and O–H groups in total. The Kier molecular flexibility index (Phi) is 4.64. The van der Waals surface area contributed by atoms with Crippen LogP contribution in [0, 0.1) is 0 Å². The fraction of sp³-hybridized carbons (Fsp3) is 0.188. The highest BCUT2D eigenvalue weighted by Crippen LogP contribution is 2.26. The monoisotopic (exact) mass is 288 g/mol. The number of hydrogen-bond acceptors (Lipinski definition) is 2. The molecule has 4 heteroatoms. The summed E-state index contributed by atoms with van der Waals surface area (Å²) in [4.78, 5) is 11.1. The molecular weight excluding hydrogens is 272 g/mol. The Labute approximate surface area is 124 Å². The third kappa shape index (κ3) is 3.75. The number of benzene rings is 2. The molecular formula is C16H17ClN2O. The Morgan fingerprint density at radius 2 is 1.90 bits per heavy atom. The SMILES string of the molecule is CC(=O)Nc1cccc(C(C)Nc2ccccc2Cl)c1. The van der Waals surface area contributed by atoms with Crippen molar-refractivity contribution >= 4 is 28.9 Å². The molecule has 0 bridgehead atoms. The number of para-hydroxylation sites is 1. The van der Waals surface area contributed by atoms with E-state index in [-0.39, 0.29) is 11.9 Å². The number of halogens is 1. The highest BCUT2D eigenvalue weighted by Gasteiger charge is 2.08. The summed E-state index contributed by atoms with van der Waals surface area (Å²) in [6, 6.07) is 15.5. The van der Waals surface area contributed by atoms with E-state index < -0.39 is 0 Å². The van der Waals surface area contributed by atoms with Gasteiger partial charge >= 0.3 is 0 Å². The van der Waals surface area contributed by atoms with Gasteiger partial charge in [-0.25, -0.2) is 0 Å². The summed E-state index contributed by atoms with van der Waals surface area (Å²) in [5.74, 6) is -0.0751. The van der Waals surface area contributed by atoms with E-state index in [2.05, 4.69) is 17.6 Å². The number of nitrogens with one attached hydrogen (secondary N) is 2. The second kappa shape index (κ2) is 6.44. The molecule has 0 heterocycles. The number of hydrogen-bond donors (Lipinski definition) is 2. The first-order valence-electron chi connectivity index (χ1n) is 6.45. The molecule has 0 aliphatic rings. The predicted molar refractivity (Wildman–Crippen MR) is 84.2 cm³/mol. The van der Waals surface area contributed by atoms with Crippen molar-refractivity contribution in [2.24, 2.45) is 0 Å². The lowest BCUT2D eigenvalue weighted by atomic mass is 10.1. The second-order valence-corrected chi connectivity index (χ2v) is 5.06. The minimum Gasteiger partial charge on any atom is -0.377 e. The Bertz CT molecular complexity index is 613. The highest BCUT2D eigenvalue weighted by molar-refractivity contribution is 6.33. The summed E-state index contributed by atoms with van der Waals surface area (Å²) in [7, 11) is 0. The molecule has 2 aromatic carbocycles. The van der Waals surface area contributed by atoms with Crippen LogP contribution < -0.4 is 10.6 Å². The van der Waals surface area contributed by atoms with E-state index in [9.17, 15) is 4.79 Å². The van der Waals surface area contributed by atoms with Crippen LogP contribution in [0.15, 0.2) is 48.5 Å². The van der Waals surface area contributed by atoms with Gasteiger partial charge in [0.1, 0.15) is 0 Å². The van der Waals surface area contributed by atoms with Crippen molar-refractivity contribution in [2.45, 2.75) is 19.9 Å². The first-order chi connectivity index (χ1) is 9.56. The van der Waals surface area contributed by atoms with Crippen LogP contribution >= 0.6 is 11.6 Å². The van der Waals surface area contributed by atoms with Gasteiger partial charge in [-0.15, -0.1) is 0 Å². The Hall–Kier alpha value is -2.00. The van der Waals surface area contributed by atoms with Crippen LogP contribution in [0.5, 0.6) is 0 Å². The Balaban J connectivity index is 2.15. The molecule has 2 aromatic rings. The van der Waals surface area contributed by atoms with Crippen LogP contribution in [-0.4, -0.2) is 5.91 Å². The molecule has 20 heavy (non-hydrogen) atoms. The standard InChI is InChI=1S/C16H17ClN2O/c1-11(18-16-9-4-3-8-15(16)17)13-6-5-7-14(10-13)19-12(2)20/h3-11,18H,1-2H3,(H,19,20). The molecule has 0 saturated heterocycles. The normalized spacial score (nSPS) is 11.8. The number of amides is 1. The summed E-state index contributed by atoms with van der Waals surface area (Å²) in [6.07, 6.45) is 0. The number of rotatable bonds is 4. The maximum atomic E-state index is 11.1. The fourth-order valence-corrected chi connectivity index (χ4v) is 2.17. The average molecular weight is 289 g/mol. The van der Waals surface area contributed by atoms with Gasteiger partial charge in [-0.1, -0.05) is 35.9 Å². The van der Waals surface area contributed by atoms with E-state index in [1.165, 1.54) is 6.92 Å². The van der Waals surface area contributed by atoms with Gasteiger partial charge in [0.2, 0.25) is 5.91 Å². The summed E-state index contributed by atoms with van der Waals surface area (Å²) in [5, 5.41) is 6.84. The zero-order chi connectivity index (χ0) is 14.5. The maximum Gasteiger partial charge on any atom is 0.221 e. The third-order valence-corrected chi connectivity index (χ3v) is 3.28. The molecule has 0 spiro atoms. The molecule has 0 aliphatic carbocycles. The summed E-state index contributed by atoms with van der Waals surface area (Å²) in [5.41, 5.74) is 2.77. The van der Waals surface area contributed by atoms with E-state index >= 15 is 0 Å². The van der Waals surface area contributed by atoms with Crippen LogP contribution in [0.1, 0.15) is 25.5 Å². The molecule has 0 aromatic heterocycles. The van der Waals surface area contributed by atoms with Gasteiger partial charge in [-0.2, -0.15) is 0 Å². The zero-order valence-corrected chi connectivity index (χ0v) is 12.2. The van der Waals surface area contributed by atoms with Gasteiger partial charge in [-0.3, -0.25) is 4.79 Å². The van der Waals surface area contributed by atoms with Crippen LogP contribution in [0.4, 0.5) is 11.4 Å². The summed E-state index contributed by atoms with van der Waals surface area (Å²) in [6.45, 7) is 3.55. The predicted octanol–water partition coefficient (Wildman–Crippen LogP) is 4.47. The van der Waals surface area contributed by atoms with Crippen LogP contribution in [-0.2, 0) is 4.79 Å². The van der Waals surface area contributed by atoms with Crippen molar-refractivity contribution < 1.29 is 4.79 Å². The Morgan fingerprint density at radius 3 is 2.60 bits per heavy atom. The van der Waals surface area contributed by atoms with Crippen molar-refractivity contribution in [1.82, 2.24) is 0 Å². The first-order valence-corrected chi connectivity index (χ1v) is 6.82. The molecule has 1 atom stereocenters. The molecule has 1 unspecified atom stereocenters. The molecule has 0 radical (unpaired) electrons. The minimum absolute atomic E-state index is 0.0751. The topological polar surface area (TPSA) is 41.1 Å². The zero-order valence-electron chi connectivity index (χ0n) is 11.5. The lowest BCUT2D eigenvalue weighted by molar-refractivity contribution is -0.114. The average Bonchev–Trinajstić information content (AvgIpc) is 2.41. The summed E-state index contributed by atoms with van der Waals surface area (Å²) < 4.78 is 0. The van der Waals surface area contributed by atoms with Gasteiger partial charge in [0.15, 0.2) is 0 Å². The quantitative estimate of drug-likeness (QED) is 0.871. The van der Waals surface area contributed by atoms with Gasteiger partial charge in [0.05, 0.1) is 10.7 Å². The van der Waals surface area contributed by atoms with E-state index in [4.69, 9.17) is 11.6 Å². The smallest absolute Gasteiger partial charge is 0.221 e. The number of carbonyl (C=O) groups is 1. The van der Waals surface area contributed by atoms with Gasteiger partial charge in [-0.05, 0) is 36.8 Å². The maximum absolute atomic E-state index is 11.1. The van der Waals surface area contributed by atoms with Gasteiger partial charge < -0.3 is 10.6 Å². The third-order valence-electron chi connectivity index (χ3n) is 2.95. The fourth-order valence-electron chi connectivity index (χ4n) is 1.98. The van der Waals surface area contributed by atoms with Crippen LogP contribution in [0.25, 0.3) is 0 Å². The molecule has 104 valence electrons. The van der Waals surface area contributed by atoms with Crippen molar-refractivity contribution in [2.75, 3.05) is 10.6 Å². The van der Waals surface area contributed by atoms with Crippen molar-refractivity contribution in [1.29, 1.82) is 0 Å². The van der Waals surface area contributed by atoms with Crippen molar-refractivity contribution in [3.05, 3.63) is 59.1 Å². The first kappa shape index (κ1) is 14.4. The summed E-state index contributed by atoms with van der Waals surface area (Å²) >= 11 is 6.14. The Morgan fingerprint density at radius 1 is 1.15 bits per heavy atom. The van der Waals surface area contributed by atoms with E-state index in [0.717, 1.165) is 16.9 Å². The number of anilines is 2. The minimum atomic E-state index is -0.0751. The van der Waals surface area contributed by atoms with Gasteiger partial charge in [0.25, 0.3) is 0 Å². The molecule has 1 amide bonds. The molecule has 0 aliphatic heterocycles. The highest BCUT2D eigenvalue weighted by atomic mass is 35.5. The largest absolute Gasteiger partial charge is 0.377 e. The molecule has 3 nitrogen and oxygen atoms in total. The van der Waals surface area contributed by atoms with E-state index in [0.29, 0.717) is 5.02 Å². The molecule has 0 saturated carbocycles. The second-order valence-electron chi connectivity index (χ2n) is 4.65. The molecule has 0 fully saturated rings.